The Hall–Kier alpha value is -2.15. The van der Waals surface area contributed by atoms with E-state index >= 15 is 0 Å². The average Bonchev–Trinajstić information content (AvgIpc) is 3.21. The SMILES string of the molecule is CC(C)P(C[N-]c1ccccc1N(c1ccccc1[N-]CP(C(C)C)C(C)C)c1ccccc1[N-]CP(C(C)C)C(C)C)C(C)C.[CH3-].[Ga].[Rh+2].c1ccccc1.c1ccccc1. The summed E-state index contributed by atoms with van der Waals surface area (Å²) in [7, 11) is -0.673. The molecule has 0 unspecified atom stereocenters. The Kier molecular flexibility index (Phi) is 31.4. The molecule has 0 saturated carbocycles. The predicted molar refractivity (Wildman–Crippen MR) is 281 cm³/mol. The van der Waals surface area contributed by atoms with Crippen molar-refractivity contribution in [3.05, 3.63) is 169 Å². The van der Waals surface area contributed by atoms with Crippen LogP contribution in [0.4, 0.5) is 34.1 Å². The van der Waals surface area contributed by atoms with Crippen molar-refractivity contribution < 1.29 is 19.5 Å². The first-order valence-corrected chi connectivity index (χ1v) is 26.2. The van der Waals surface area contributed by atoms with Crippen molar-refractivity contribution in [2.45, 2.75) is 117 Å². The van der Waals surface area contributed by atoms with Gasteiger partial charge in [0.2, 0.25) is 0 Å². The second kappa shape index (κ2) is 32.5. The van der Waals surface area contributed by atoms with Gasteiger partial charge >= 0.3 is 19.5 Å². The second-order valence-corrected chi connectivity index (χ2v) is 26.2. The summed E-state index contributed by atoms with van der Waals surface area (Å²) in [6, 6.07) is 50.0. The van der Waals surface area contributed by atoms with Crippen molar-refractivity contribution in [3.8, 4) is 0 Å². The standard InChI is InChI=1S/C39H60N4P3.2C6H6.CH3.Ga.Rh/c1-28(2)44(29(3)4)25-40-34-19-13-16-22-37(34)43(38-23-17-14-20-35(38)41-26-45(30(5)6)31(7)8)39-24-18-15-21-36(39)42-27-46(32(9)10)33(11)12;2*1-2-4-6-5-3-1;;;/h13-24,28-33H,25-27H2,1-12H3;2*1-6H;1H3;;/q-3;;;-1;;+2. The second-order valence-electron chi connectivity index (χ2n) is 16.1. The minimum atomic E-state index is -0.224. The smallest absolute Gasteiger partial charge is 0.679 e. The fraction of sp³-hybridized carbons (Fsp3) is 0.404. The van der Waals surface area contributed by atoms with Crippen molar-refractivity contribution >= 4 is 77.7 Å². The van der Waals surface area contributed by atoms with Gasteiger partial charge in [-0.05, 0) is 52.2 Å². The third kappa shape index (κ3) is 20.5. The van der Waals surface area contributed by atoms with E-state index in [1.54, 1.807) is 0 Å². The molecule has 61 heavy (non-hydrogen) atoms. The Morgan fingerprint density at radius 2 is 0.525 bits per heavy atom. The fourth-order valence-corrected chi connectivity index (χ4v) is 13.2. The molecule has 5 aromatic rings. The number of rotatable bonds is 18. The number of anilines is 3. The van der Waals surface area contributed by atoms with Crippen molar-refractivity contribution in [2.24, 2.45) is 0 Å². The summed E-state index contributed by atoms with van der Waals surface area (Å²) in [5, 5.41) is 16.1. The first-order chi connectivity index (χ1) is 27.8. The van der Waals surface area contributed by atoms with Crippen LogP contribution in [0, 0.1) is 7.43 Å². The Balaban J connectivity index is 0.00000205. The Bertz CT molecular complexity index is 1540. The molecule has 9 heteroatoms. The molecule has 0 amide bonds. The summed E-state index contributed by atoms with van der Waals surface area (Å²) in [6.45, 7) is 28.2. The van der Waals surface area contributed by atoms with E-state index in [0.717, 1.165) is 53.0 Å². The van der Waals surface area contributed by atoms with Crippen LogP contribution in [0.15, 0.2) is 146 Å². The van der Waals surface area contributed by atoms with Gasteiger partial charge in [0.1, 0.15) is 0 Å². The predicted octanol–water partition coefficient (Wildman–Crippen LogP) is 18.4. The molecule has 0 fully saturated rings. The molecule has 4 radical (unpaired) electrons. The monoisotopic (exact) mass is 1020 g/mol. The quantitative estimate of drug-likeness (QED) is 0.0490. The van der Waals surface area contributed by atoms with E-state index in [9.17, 15) is 0 Å². The number of nitrogens with zero attached hydrogens (tertiary/aromatic N) is 4. The summed E-state index contributed by atoms with van der Waals surface area (Å²) in [5.41, 5.74) is 10.1. The molecule has 0 saturated heterocycles. The molecule has 0 heterocycles. The van der Waals surface area contributed by atoms with Crippen LogP contribution in [-0.4, -0.2) is 72.6 Å². The first-order valence-electron chi connectivity index (χ1n) is 21.2. The third-order valence-electron chi connectivity index (χ3n) is 9.89. The van der Waals surface area contributed by atoms with Crippen molar-refractivity contribution in [1.29, 1.82) is 0 Å². The van der Waals surface area contributed by atoms with Crippen LogP contribution in [-0.2, 0) is 19.5 Å². The molecule has 5 rings (SSSR count). The van der Waals surface area contributed by atoms with Gasteiger partial charge in [-0.3, -0.25) is 0 Å². The van der Waals surface area contributed by atoms with E-state index in [4.69, 9.17) is 16.0 Å². The molecule has 0 aliphatic rings. The van der Waals surface area contributed by atoms with E-state index in [1.807, 2.05) is 72.8 Å². The molecule has 0 aliphatic heterocycles. The van der Waals surface area contributed by atoms with Gasteiger partial charge in [0.15, 0.2) is 0 Å². The summed E-state index contributed by atoms with van der Waals surface area (Å²) >= 11 is 0. The first kappa shape index (κ1) is 58.8. The minimum absolute atomic E-state index is 0. The third-order valence-corrected chi connectivity index (χ3v) is 19.3. The van der Waals surface area contributed by atoms with Crippen LogP contribution in [0.3, 0.4) is 0 Å². The maximum Gasteiger partial charge on any atom is 2.00 e. The van der Waals surface area contributed by atoms with Crippen molar-refractivity contribution in [1.82, 2.24) is 0 Å². The van der Waals surface area contributed by atoms with Gasteiger partial charge in [0.25, 0.3) is 0 Å². The molecule has 4 nitrogen and oxygen atoms in total. The van der Waals surface area contributed by atoms with Crippen LogP contribution < -0.4 is 4.90 Å². The summed E-state index contributed by atoms with van der Waals surface area (Å²) < 4.78 is 0. The van der Waals surface area contributed by atoms with Gasteiger partial charge in [-0.15, -0.1) is 59.7 Å². The van der Waals surface area contributed by atoms with E-state index in [1.165, 1.54) is 0 Å². The van der Waals surface area contributed by atoms with Gasteiger partial charge in [-0.25, -0.2) is 0 Å². The summed E-state index contributed by atoms with van der Waals surface area (Å²) in [6.07, 6.45) is 2.61. The molecule has 0 bridgehead atoms. The molecule has 5 aromatic carbocycles. The summed E-state index contributed by atoms with van der Waals surface area (Å²) in [4.78, 5) is 2.39. The van der Waals surface area contributed by atoms with Gasteiger partial charge in [0, 0.05) is 36.9 Å². The normalized spacial score (nSPS) is 10.8. The number of benzene rings is 5. The van der Waals surface area contributed by atoms with E-state index in [2.05, 4.69) is 161 Å². The molecule has 0 spiro atoms. The molecular weight excluding hydrogens is 946 g/mol. The van der Waals surface area contributed by atoms with Crippen molar-refractivity contribution in [3.63, 3.8) is 0 Å². The van der Waals surface area contributed by atoms with Gasteiger partial charge < -0.3 is 28.3 Å². The van der Waals surface area contributed by atoms with E-state index in [-0.39, 0.29) is 70.5 Å². The molecule has 0 N–H and O–H groups in total. The number of hydrogen-bond acceptors (Lipinski definition) is 1. The van der Waals surface area contributed by atoms with Crippen LogP contribution in [0.25, 0.3) is 16.0 Å². The van der Waals surface area contributed by atoms with Crippen LogP contribution in [0.5, 0.6) is 0 Å². The maximum atomic E-state index is 5.35. The molecule has 0 aromatic heterocycles. The topological polar surface area (TPSA) is 45.5 Å². The van der Waals surface area contributed by atoms with Crippen LogP contribution in [0.2, 0.25) is 0 Å². The zero-order valence-electron chi connectivity index (χ0n) is 39.5. The number of para-hydroxylation sites is 6. The van der Waals surface area contributed by atoms with Crippen LogP contribution >= 0.6 is 23.8 Å². The molecule has 332 valence electrons. The van der Waals surface area contributed by atoms with Gasteiger partial charge in [0.05, 0.1) is 0 Å². The zero-order valence-corrected chi connectivity index (χ0v) is 46.2. The van der Waals surface area contributed by atoms with Crippen molar-refractivity contribution in [2.75, 3.05) is 23.8 Å². The molecule has 0 aliphatic carbocycles. The maximum absolute atomic E-state index is 5.35. The molecule has 0 atom stereocenters. The average molecular weight is 1020 g/mol. The fourth-order valence-electron chi connectivity index (χ4n) is 6.76. The largest absolute Gasteiger partial charge is 2.00 e. The summed E-state index contributed by atoms with van der Waals surface area (Å²) in [5.74, 6) is 0. The van der Waals surface area contributed by atoms with Gasteiger partial charge in [-0.1, -0.05) is 210 Å². The van der Waals surface area contributed by atoms with E-state index < -0.39 is 0 Å². The molecular formula is C52H75GaN4P3Rh-2. The minimum Gasteiger partial charge on any atom is -0.679 e. The van der Waals surface area contributed by atoms with E-state index in [0.29, 0.717) is 34.0 Å². The van der Waals surface area contributed by atoms with Gasteiger partial charge in [-0.2, -0.15) is 0 Å². The Morgan fingerprint density at radius 3 is 0.705 bits per heavy atom. The number of hydrogen-bond donors (Lipinski definition) is 0. The van der Waals surface area contributed by atoms with Crippen LogP contribution in [0.1, 0.15) is 83.1 Å². The zero-order chi connectivity index (χ0) is 42.5. The Morgan fingerprint density at radius 1 is 0.344 bits per heavy atom. The Labute approximate surface area is 404 Å².